The number of rotatable bonds is 6. The van der Waals surface area contributed by atoms with Crippen LogP contribution in [0.1, 0.15) is 25.0 Å². The maximum Gasteiger partial charge on any atom is 0.289 e. The van der Waals surface area contributed by atoms with Crippen LogP contribution in [0.15, 0.2) is 69.8 Å². The Morgan fingerprint density at radius 1 is 1.14 bits per heavy atom. The van der Waals surface area contributed by atoms with Gasteiger partial charge in [-0.2, -0.15) is 0 Å². The molecule has 2 heterocycles. The van der Waals surface area contributed by atoms with Crippen molar-refractivity contribution in [3.8, 4) is 11.5 Å². The molecule has 0 bridgehead atoms. The summed E-state index contributed by atoms with van der Waals surface area (Å²) in [7, 11) is 1.72. The molecule has 0 aliphatic carbocycles. The predicted molar refractivity (Wildman–Crippen MR) is 143 cm³/mol. The number of aromatic nitrogens is 1. The van der Waals surface area contributed by atoms with E-state index in [0.29, 0.717) is 40.7 Å². The number of nitrogens with one attached hydrogen (secondary N) is 2. The van der Waals surface area contributed by atoms with Crippen LogP contribution in [0.3, 0.4) is 0 Å². The molecule has 9 heteroatoms. The Hall–Kier alpha value is -3.91. The van der Waals surface area contributed by atoms with Crippen molar-refractivity contribution in [2.45, 2.75) is 26.3 Å². The highest BCUT2D eigenvalue weighted by atomic mass is 35.5. The number of aliphatic imine (C=N–C) groups is 3. The fraction of sp³-hybridized carbons (Fsp3) is 0.231. The Kier molecular flexibility index (Phi) is 7.02. The molecule has 1 aliphatic heterocycles. The summed E-state index contributed by atoms with van der Waals surface area (Å²) in [5.41, 5.74) is 3.82. The number of pyridine rings is 1. The zero-order valence-corrected chi connectivity index (χ0v) is 20.8. The van der Waals surface area contributed by atoms with E-state index in [0.717, 1.165) is 22.5 Å². The van der Waals surface area contributed by atoms with Crippen molar-refractivity contribution in [1.82, 2.24) is 4.98 Å². The lowest BCUT2D eigenvalue weighted by Crippen LogP contribution is -2.17. The molecule has 1 aromatic heterocycles. The summed E-state index contributed by atoms with van der Waals surface area (Å²) in [6.07, 6.45) is 3.18. The minimum absolute atomic E-state index is 0.248. The van der Waals surface area contributed by atoms with Gasteiger partial charge in [0, 0.05) is 36.2 Å². The summed E-state index contributed by atoms with van der Waals surface area (Å²) in [6.45, 7) is 10.2. The number of nitrogens with zero attached hydrogens (tertiary/aromatic N) is 4. The van der Waals surface area contributed by atoms with Gasteiger partial charge in [0.15, 0.2) is 0 Å². The number of aryl methyl sites for hydroxylation is 1. The van der Waals surface area contributed by atoms with Gasteiger partial charge in [0.05, 0.1) is 22.4 Å². The van der Waals surface area contributed by atoms with Crippen LogP contribution in [-0.2, 0) is 4.74 Å². The lowest BCUT2D eigenvalue weighted by molar-refractivity contribution is 0.278. The molecule has 0 fully saturated rings. The van der Waals surface area contributed by atoms with Crippen molar-refractivity contribution in [3.63, 3.8) is 0 Å². The number of amidine groups is 2. The molecule has 2 N–H and O–H groups in total. The fourth-order valence-electron chi connectivity index (χ4n) is 3.51. The van der Waals surface area contributed by atoms with E-state index in [4.69, 9.17) is 21.1 Å². The topological polar surface area (TPSA) is 92.5 Å². The SMILES string of the molecule is C=Nc1ccc(NC2=NC(C)(C)CO2)cc1/C(=N\C)Nc1ccc(Oc2cncc(Cl)c2)c(C)c1. The highest BCUT2D eigenvalue weighted by molar-refractivity contribution is 6.30. The molecule has 0 saturated heterocycles. The molecule has 3 aromatic rings. The van der Waals surface area contributed by atoms with E-state index in [1.165, 1.54) is 0 Å². The summed E-state index contributed by atoms with van der Waals surface area (Å²) >= 11 is 6.01. The van der Waals surface area contributed by atoms with Crippen LogP contribution >= 0.6 is 11.6 Å². The van der Waals surface area contributed by atoms with E-state index in [1.54, 1.807) is 25.5 Å². The second-order valence-electron chi connectivity index (χ2n) is 8.65. The number of halogens is 1. The molecule has 4 rings (SSSR count). The van der Waals surface area contributed by atoms with Gasteiger partial charge in [0.25, 0.3) is 6.02 Å². The van der Waals surface area contributed by atoms with Gasteiger partial charge in [-0.3, -0.25) is 15.0 Å². The molecule has 0 atom stereocenters. The van der Waals surface area contributed by atoms with Gasteiger partial charge in [0.1, 0.15) is 23.9 Å². The average molecular weight is 491 g/mol. The highest BCUT2D eigenvalue weighted by Gasteiger charge is 2.26. The van der Waals surface area contributed by atoms with Crippen LogP contribution in [0.2, 0.25) is 5.02 Å². The smallest absolute Gasteiger partial charge is 0.289 e. The van der Waals surface area contributed by atoms with E-state index in [1.807, 2.05) is 57.2 Å². The molecule has 35 heavy (non-hydrogen) atoms. The van der Waals surface area contributed by atoms with E-state index in [-0.39, 0.29) is 5.54 Å². The van der Waals surface area contributed by atoms with Gasteiger partial charge < -0.3 is 20.1 Å². The molecule has 1 aliphatic rings. The molecule has 0 unspecified atom stereocenters. The predicted octanol–water partition coefficient (Wildman–Crippen LogP) is 6.23. The van der Waals surface area contributed by atoms with Crippen molar-refractivity contribution in [2.24, 2.45) is 15.0 Å². The van der Waals surface area contributed by atoms with Crippen molar-refractivity contribution in [1.29, 1.82) is 0 Å². The van der Waals surface area contributed by atoms with Crippen molar-refractivity contribution >= 4 is 47.2 Å². The lowest BCUT2D eigenvalue weighted by Gasteiger charge is -2.15. The molecule has 8 nitrogen and oxygen atoms in total. The Balaban J connectivity index is 1.55. The standard InChI is InChI=1S/C26H27ClN6O2/c1-16-10-18(7-9-23(16)35-20-11-17(27)13-30-14-20)31-24(29-5)21-12-19(6-8-22(21)28-4)32-25-33-26(2,3)15-34-25/h6-14H,4,15H2,1-3,5H3,(H,29,31)(H,32,33). The zero-order chi connectivity index (χ0) is 25.0. The summed E-state index contributed by atoms with van der Waals surface area (Å²) in [5.74, 6) is 1.91. The first-order valence-corrected chi connectivity index (χ1v) is 11.4. The minimum Gasteiger partial charge on any atom is -0.462 e. The van der Waals surface area contributed by atoms with Crippen LogP contribution in [0.5, 0.6) is 11.5 Å². The zero-order valence-electron chi connectivity index (χ0n) is 20.1. The van der Waals surface area contributed by atoms with Crippen LogP contribution in [-0.4, -0.2) is 42.8 Å². The third-order valence-corrected chi connectivity index (χ3v) is 5.42. The molecule has 0 amide bonds. The van der Waals surface area contributed by atoms with E-state index in [9.17, 15) is 0 Å². The Morgan fingerprint density at radius 3 is 2.60 bits per heavy atom. The van der Waals surface area contributed by atoms with E-state index >= 15 is 0 Å². The fourth-order valence-corrected chi connectivity index (χ4v) is 3.67. The molecule has 0 spiro atoms. The third kappa shape index (κ3) is 5.96. The summed E-state index contributed by atoms with van der Waals surface area (Å²) < 4.78 is 11.6. The largest absolute Gasteiger partial charge is 0.462 e. The summed E-state index contributed by atoms with van der Waals surface area (Å²) in [5, 5.41) is 7.12. The van der Waals surface area contributed by atoms with Crippen LogP contribution < -0.4 is 15.4 Å². The van der Waals surface area contributed by atoms with Crippen LogP contribution in [0, 0.1) is 6.92 Å². The normalized spacial score (nSPS) is 14.7. The maximum atomic E-state index is 6.01. The first-order chi connectivity index (χ1) is 16.8. The van der Waals surface area contributed by atoms with Crippen molar-refractivity contribution in [3.05, 3.63) is 71.0 Å². The first kappa shape index (κ1) is 24.2. The van der Waals surface area contributed by atoms with Crippen LogP contribution in [0.4, 0.5) is 17.1 Å². The van der Waals surface area contributed by atoms with E-state index < -0.39 is 0 Å². The number of anilines is 2. The second kappa shape index (κ2) is 10.1. The monoisotopic (exact) mass is 490 g/mol. The number of hydrogen-bond acceptors (Lipinski definition) is 7. The second-order valence-corrected chi connectivity index (χ2v) is 9.09. The quantitative estimate of drug-likeness (QED) is 0.315. The molecule has 2 aromatic carbocycles. The number of benzene rings is 2. The van der Waals surface area contributed by atoms with Gasteiger partial charge >= 0.3 is 0 Å². The molecule has 0 saturated carbocycles. The third-order valence-electron chi connectivity index (χ3n) is 5.21. The van der Waals surface area contributed by atoms with Crippen LogP contribution in [0.25, 0.3) is 0 Å². The summed E-state index contributed by atoms with van der Waals surface area (Å²) in [6, 6.07) is 13.7. The first-order valence-electron chi connectivity index (χ1n) is 11.0. The number of hydrogen-bond donors (Lipinski definition) is 2. The lowest BCUT2D eigenvalue weighted by atomic mass is 10.1. The van der Waals surface area contributed by atoms with Gasteiger partial charge in [-0.05, 0) is 69.5 Å². The highest BCUT2D eigenvalue weighted by Crippen LogP contribution is 2.30. The van der Waals surface area contributed by atoms with Gasteiger partial charge in [0.2, 0.25) is 0 Å². The Labute approximate surface area is 209 Å². The maximum absolute atomic E-state index is 6.01. The summed E-state index contributed by atoms with van der Waals surface area (Å²) in [4.78, 5) is 17.2. The van der Waals surface area contributed by atoms with Gasteiger partial charge in [-0.1, -0.05) is 11.6 Å². The van der Waals surface area contributed by atoms with Crippen molar-refractivity contribution < 1.29 is 9.47 Å². The Bertz CT molecular complexity index is 1320. The molecule has 0 radical (unpaired) electrons. The molecular weight excluding hydrogens is 464 g/mol. The van der Waals surface area contributed by atoms with Gasteiger partial charge in [-0.15, -0.1) is 0 Å². The minimum atomic E-state index is -0.248. The van der Waals surface area contributed by atoms with E-state index in [2.05, 4.69) is 37.3 Å². The Morgan fingerprint density at radius 2 is 1.94 bits per heavy atom. The van der Waals surface area contributed by atoms with Crippen molar-refractivity contribution in [2.75, 3.05) is 24.3 Å². The average Bonchev–Trinajstić information content (AvgIpc) is 3.17. The van der Waals surface area contributed by atoms with Gasteiger partial charge in [-0.25, -0.2) is 4.99 Å². The molecular formula is C26H27ClN6O2. The molecule has 180 valence electrons. The number of ether oxygens (including phenoxy) is 2.